The Bertz CT molecular complexity index is 1180. The van der Waals surface area contributed by atoms with Gasteiger partial charge in [-0.2, -0.15) is 0 Å². The van der Waals surface area contributed by atoms with Gasteiger partial charge in [0.1, 0.15) is 9.77 Å². The molecule has 2 N–H and O–H groups in total. The molecule has 156 valence electrons. The van der Waals surface area contributed by atoms with Crippen molar-refractivity contribution in [3.05, 3.63) is 75.2 Å². The fourth-order valence-electron chi connectivity index (χ4n) is 2.56. The normalized spacial score (nSPS) is 11.0. The minimum Gasteiger partial charge on any atom is -0.465 e. The number of hydrogen-bond acceptors (Lipinski definition) is 7. The van der Waals surface area contributed by atoms with Crippen molar-refractivity contribution in [2.75, 3.05) is 11.8 Å². The summed E-state index contributed by atoms with van der Waals surface area (Å²) in [4.78, 5) is 28.3. The summed E-state index contributed by atoms with van der Waals surface area (Å²) in [5, 5.41) is 2.76. The zero-order valence-corrected chi connectivity index (χ0v) is 18.0. The number of carbonyl (C=O) groups excluding carboxylic acids is 2. The van der Waals surface area contributed by atoms with Crippen molar-refractivity contribution in [2.24, 2.45) is 0 Å². The van der Waals surface area contributed by atoms with Crippen LogP contribution in [-0.2, 0) is 21.3 Å². The van der Waals surface area contributed by atoms with Crippen LogP contribution in [-0.4, -0.2) is 32.4 Å². The number of thiazole rings is 1. The molecule has 0 fully saturated rings. The second kappa shape index (κ2) is 9.24. The maximum absolute atomic E-state index is 12.7. The molecule has 2 aromatic carbocycles. The Morgan fingerprint density at radius 2 is 1.97 bits per heavy atom. The molecule has 0 aliphatic heterocycles. The number of methoxy groups -OCH3 is 1. The van der Waals surface area contributed by atoms with Gasteiger partial charge in [0.05, 0.1) is 35.1 Å². The van der Waals surface area contributed by atoms with Crippen LogP contribution >= 0.6 is 22.9 Å². The SMILES string of the molecule is COC(=O)c1cc(CNC(=O)c2cncs2)cc(NS(=O)(=O)c2ccccc2Cl)c1. The lowest BCUT2D eigenvalue weighted by Crippen LogP contribution is -2.22. The average molecular weight is 466 g/mol. The fraction of sp³-hybridized carbons (Fsp3) is 0.105. The van der Waals surface area contributed by atoms with Gasteiger partial charge in [0, 0.05) is 6.54 Å². The lowest BCUT2D eigenvalue weighted by atomic mass is 10.1. The minimum absolute atomic E-state index is 0.0579. The number of esters is 1. The van der Waals surface area contributed by atoms with Gasteiger partial charge in [-0.3, -0.25) is 14.5 Å². The van der Waals surface area contributed by atoms with E-state index in [9.17, 15) is 18.0 Å². The Balaban J connectivity index is 1.88. The van der Waals surface area contributed by atoms with E-state index in [4.69, 9.17) is 16.3 Å². The second-order valence-corrected chi connectivity index (χ2v) is 8.94. The molecule has 0 aliphatic rings. The number of anilines is 1. The van der Waals surface area contributed by atoms with E-state index in [-0.39, 0.29) is 33.6 Å². The first kappa shape index (κ1) is 21.8. The van der Waals surface area contributed by atoms with Crippen LogP contribution in [0.3, 0.4) is 0 Å². The number of benzene rings is 2. The summed E-state index contributed by atoms with van der Waals surface area (Å²) < 4.78 is 32.6. The number of sulfonamides is 1. The number of hydrogen-bond donors (Lipinski definition) is 2. The molecular weight excluding hydrogens is 450 g/mol. The van der Waals surface area contributed by atoms with Crippen molar-refractivity contribution in [1.82, 2.24) is 10.3 Å². The fourth-order valence-corrected chi connectivity index (χ4v) is 4.66. The Kier molecular flexibility index (Phi) is 6.70. The lowest BCUT2D eigenvalue weighted by molar-refractivity contribution is 0.0600. The molecule has 0 saturated heterocycles. The maximum atomic E-state index is 12.7. The van der Waals surface area contributed by atoms with Gasteiger partial charge in [0.2, 0.25) is 0 Å². The number of amides is 1. The Labute approximate surface area is 181 Å². The van der Waals surface area contributed by atoms with Gasteiger partial charge in [0.15, 0.2) is 0 Å². The third-order valence-electron chi connectivity index (χ3n) is 3.90. The van der Waals surface area contributed by atoms with Gasteiger partial charge >= 0.3 is 5.97 Å². The van der Waals surface area contributed by atoms with Crippen molar-refractivity contribution >= 4 is 50.5 Å². The standard InChI is InChI=1S/C19H16ClN3O5S2/c1-28-19(25)13-6-12(9-22-18(24)16-10-21-11-29-16)7-14(8-13)23-30(26,27)17-5-3-2-4-15(17)20/h2-8,10-11,23H,9H2,1H3,(H,22,24). The van der Waals surface area contributed by atoms with E-state index in [1.165, 1.54) is 60.5 Å². The number of carbonyl (C=O) groups is 2. The average Bonchev–Trinajstić information content (AvgIpc) is 3.26. The molecule has 0 saturated carbocycles. The van der Waals surface area contributed by atoms with Crippen LogP contribution in [0.4, 0.5) is 5.69 Å². The van der Waals surface area contributed by atoms with Crippen LogP contribution in [0.5, 0.6) is 0 Å². The smallest absolute Gasteiger partial charge is 0.337 e. The monoisotopic (exact) mass is 465 g/mol. The predicted molar refractivity (Wildman–Crippen MR) is 113 cm³/mol. The first-order valence-corrected chi connectivity index (χ1v) is 11.2. The highest BCUT2D eigenvalue weighted by Gasteiger charge is 2.19. The molecule has 3 rings (SSSR count). The first-order chi connectivity index (χ1) is 14.3. The van der Waals surface area contributed by atoms with Crippen LogP contribution in [0.25, 0.3) is 0 Å². The topological polar surface area (TPSA) is 114 Å². The van der Waals surface area contributed by atoms with E-state index in [0.29, 0.717) is 10.4 Å². The van der Waals surface area contributed by atoms with Crippen molar-refractivity contribution in [2.45, 2.75) is 11.4 Å². The highest BCUT2D eigenvalue weighted by atomic mass is 35.5. The molecule has 8 nitrogen and oxygen atoms in total. The van der Waals surface area contributed by atoms with Crippen molar-refractivity contribution < 1.29 is 22.7 Å². The molecule has 1 heterocycles. The summed E-state index contributed by atoms with van der Waals surface area (Å²) in [6.07, 6.45) is 1.44. The van der Waals surface area contributed by atoms with Gasteiger partial charge in [-0.15, -0.1) is 11.3 Å². The molecule has 0 bridgehead atoms. The molecule has 3 aromatic rings. The lowest BCUT2D eigenvalue weighted by Gasteiger charge is -2.13. The zero-order valence-electron chi connectivity index (χ0n) is 15.6. The van der Waals surface area contributed by atoms with E-state index in [2.05, 4.69) is 15.0 Å². The molecule has 0 aliphatic carbocycles. The van der Waals surface area contributed by atoms with Gasteiger partial charge in [-0.25, -0.2) is 13.2 Å². The van der Waals surface area contributed by atoms with Crippen LogP contribution in [0.2, 0.25) is 5.02 Å². The van der Waals surface area contributed by atoms with Crippen LogP contribution in [0, 0.1) is 0 Å². The van der Waals surface area contributed by atoms with Gasteiger partial charge in [-0.1, -0.05) is 23.7 Å². The van der Waals surface area contributed by atoms with Crippen LogP contribution in [0.15, 0.2) is 59.1 Å². The second-order valence-electron chi connectivity index (χ2n) is 5.99. The predicted octanol–water partition coefficient (Wildman–Crippen LogP) is 3.31. The summed E-state index contributed by atoms with van der Waals surface area (Å²) in [7, 11) is -2.79. The largest absolute Gasteiger partial charge is 0.465 e. The molecule has 1 amide bonds. The summed E-state index contributed by atoms with van der Waals surface area (Å²) in [6.45, 7) is 0.0579. The summed E-state index contributed by atoms with van der Waals surface area (Å²) in [5.41, 5.74) is 2.28. The highest BCUT2D eigenvalue weighted by Crippen LogP contribution is 2.25. The Hall–Kier alpha value is -2.95. The number of nitrogens with zero attached hydrogens (tertiary/aromatic N) is 1. The summed E-state index contributed by atoms with van der Waals surface area (Å²) in [5.74, 6) is -0.983. The number of rotatable bonds is 7. The summed E-state index contributed by atoms with van der Waals surface area (Å²) >= 11 is 7.19. The molecule has 1 aromatic heterocycles. The van der Waals surface area contributed by atoms with Crippen LogP contribution in [0.1, 0.15) is 25.6 Å². The molecule has 0 spiro atoms. The van der Waals surface area contributed by atoms with E-state index >= 15 is 0 Å². The van der Waals surface area contributed by atoms with Gasteiger partial charge in [-0.05, 0) is 35.9 Å². The van der Waals surface area contributed by atoms with Crippen molar-refractivity contribution in [3.8, 4) is 0 Å². The minimum atomic E-state index is -4.00. The third-order valence-corrected chi connectivity index (χ3v) is 6.55. The quantitative estimate of drug-likeness (QED) is 0.517. The van der Waals surface area contributed by atoms with E-state index in [0.717, 1.165) is 0 Å². The third kappa shape index (κ3) is 5.15. The molecule has 11 heteroatoms. The van der Waals surface area contributed by atoms with E-state index in [1.807, 2.05) is 0 Å². The van der Waals surface area contributed by atoms with E-state index in [1.54, 1.807) is 12.1 Å². The van der Waals surface area contributed by atoms with Gasteiger partial charge in [0.25, 0.3) is 15.9 Å². The molecule has 0 radical (unpaired) electrons. The first-order valence-electron chi connectivity index (χ1n) is 8.46. The molecule has 0 unspecified atom stereocenters. The maximum Gasteiger partial charge on any atom is 0.337 e. The number of nitrogens with one attached hydrogen (secondary N) is 2. The molecule has 30 heavy (non-hydrogen) atoms. The molecular formula is C19H16ClN3O5S2. The summed E-state index contributed by atoms with van der Waals surface area (Å²) in [6, 6.07) is 10.3. The van der Waals surface area contributed by atoms with Gasteiger partial charge < -0.3 is 10.1 Å². The Morgan fingerprint density at radius 1 is 1.20 bits per heavy atom. The van der Waals surface area contributed by atoms with E-state index < -0.39 is 16.0 Å². The van der Waals surface area contributed by atoms with Crippen molar-refractivity contribution in [3.63, 3.8) is 0 Å². The van der Waals surface area contributed by atoms with Crippen LogP contribution < -0.4 is 10.0 Å². The Morgan fingerprint density at radius 3 is 2.63 bits per heavy atom. The molecule has 0 atom stereocenters. The number of ether oxygens (including phenoxy) is 1. The zero-order chi connectivity index (χ0) is 21.7. The highest BCUT2D eigenvalue weighted by molar-refractivity contribution is 7.92. The van der Waals surface area contributed by atoms with Crippen molar-refractivity contribution in [1.29, 1.82) is 0 Å². The number of halogens is 1. The number of aromatic nitrogens is 1.